The Labute approximate surface area is 240 Å². The van der Waals surface area contributed by atoms with Gasteiger partial charge in [0.2, 0.25) is 0 Å². The fourth-order valence-corrected chi connectivity index (χ4v) is 7.40. The van der Waals surface area contributed by atoms with E-state index in [9.17, 15) is 9.59 Å². The summed E-state index contributed by atoms with van der Waals surface area (Å²) in [7, 11) is 0. The van der Waals surface area contributed by atoms with Crippen molar-refractivity contribution in [2.75, 3.05) is 6.54 Å². The predicted molar refractivity (Wildman–Crippen MR) is 161 cm³/mol. The second-order valence-electron chi connectivity index (χ2n) is 10.2. The van der Waals surface area contributed by atoms with E-state index in [1.54, 1.807) is 22.7 Å². The monoisotopic (exact) mass is 609 g/mol. The fraction of sp³-hybridized carbons (Fsp3) is 0.400. The molecule has 4 aromatic rings. The number of benzene rings is 1. The van der Waals surface area contributed by atoms with Gasteiger partial charge in [0.15, 0.2) is 0 Å². The SMILES string of the molecule is CCCCCCCCC(C)CN1C(=O)c2cc3c(-c4ccc(C)s4)nnc(-c4ccc(Br)s4)c3cc2C1=O. The number of rotatable bonds is 11. The first-order chi connectivity index (χ1) is 18.4. The van der Waals surface area contributed by atoms with Crippen LogP contribution in [-0.2, 0) is 0 Å². The van der Waals surface area contributed by atoms with Crippen LogP contribution < -0.4 is 0 Å². The molecule has 0 aliphatic carbocycles. The number of hydrogen-bond acceptors (Lipinski definition) is 6. The first-order valence-electron chi connectivity index (χ1n) is 13.4. The largest absolute Gasteiger partial charge is 0.274 e. The van der Waals surface area contributed by atoms with Gasteiger partial charge in [-0.3, -0.25) is 14.5 Å². The highest BCUT2D eigenvalue weighted by Crippen LogP contribution is 2.40. The number of aryl methyl sites for hydroxylation is 1. The van der Waals surface area contributed by atoms with Crippen molar-refractivity contribution in [2.45, 2.75) is 65.7 Å². The van der Waals surface area contributed by atoms with E-state index in [4.69, 9.17) is 0 Å². The highest BCUT2D eigenvalue weighted by molar-refractivity contribution is 9.11. The van der Waals surface area contributed by atoms with Gasteiger partial charge in [0.1, 0.15) is 11.4 Å². The van der Waals surface area contributed by atoms with Crippen LogP contribution in [-0.4, -0.2) is 33.5 Å². The van der Waals surface area contributed by atoms with Gasteiger partial charge >= 0.3 is 0 Å². The predicted octanol–water partition coefficient (Wildman–Crippen LogP) is 9.14. The number of unbranched alkanes of at least 4 members (excludes halogenated alkanes) is 5. The van der Waals surface area contributed by atoms with Gasteiger partial charge in [0.05, 0.1) is 24.7 Å². The Morgan fingerprint density at radius 1 is 0.842 bits per heavy atom. The molecule has 1 unspecified atom stereocenters. The Kier molecular flexibility index (Phi) is 8.41. The van der Waals surface area contributed by atoms with Crippen LogP contribution in [0.4, 0.5) is 0 Å². The Hall–Kier alpha value is -2.42. The van der Waals surface area contributed by atoms with E-state index >= 15 is 0 Å². The number of halogens is 1. The quantitative estimate of drug-likeness (QED) is 0.126. The third kappa shape index (κ3) is 5.49. The van der Waals surface area contributed by atoms with Crippen molar-refractivity contribution in [3.63, 3.8) is 0 Å². The number of amides is 2. The summed E-state index contributed by atoms with van der Waals surface area (Å²) in [5.41, 5.74) is 2.41. The van der Waals surface area contributed by atoms with Gasteiger partial charge in [0, 0.05) is 22.2 Å². The minimum atomic E-state index is -0.203. The average Bonchev–Trinajstić information content (AvgIpc) is 3.59. The zero-order valence-electron chi connectivity index (χ0n) is 22.1. The summed E-state index contributed by atoms with van der Waals surface area (Å²) in [4.78, 5) is 31.6. The van der Waals surface area contributed by atoms with Crippen molar-refractivity contribution in [2.24, 2.45) is 5.92 Å². The molecule has 2 amide bonds. The van der Waals surface area contributed by atoms with Crippen molar-refractivity contribution in [1.82, 2.24) is 15.1 Å². The summed E-state index contributed by atoms with van der Waals surface area (Å²) in [5.74, 6) is -0.137. The van der Waals surface area contributed by atoms with Gasteiger partial charge in [-0.05, 0) is 71.6 Å². The van der Waals surface area contributed by atoms with E-state index < -0.39 is 0 Å². The highest BCUT2D eigenvalue weighted by atomic mass is 79.9. The van der Waals surface area contributed by atoms with Crippen LogP contribution in [0.15, 0.2) is 40.2 Å². The molecule has 1 atom stereocenters. The molecule has 0 spiro atoms. The molecule has 0 radical (unpaired) electrons. The van der Waals surface area contributed by atoms with Gasteiger partial charge in [-0.2, -0.15) is 0 Å². The van der Waals surface area contributed by atoms with E-state index in [2.05, 4.69) is 53.0 Å². The molecule has 0 bridgehead atoms. The molecule has 1 aliphatic rings. The summed E-state index contributed by atoms with van der Waals surface area (Å²) in [6, 6.07) is 11.8. The zero-order valence-corrected chi connectivity index (χ0v) is 25.3. The fourth-order valence-electron chi connectivity index (χ4n) is 5.15. The van der Waals surface area contributed by atoms with Crippen molar-refractivity contribution in [1.29, 1.82) is 0 Å². The van der Waals surface area contributed by atoms with Crippen LogP contribution in [0.2, 0.25) is 0 Å². The molecule has 1 aromatic carbocycles. The molecule has 0 saturated carbocycles. The Morgan fingerprint density at radius 2 is 1.42 bits per heavy atom. The molecule has 0 saturated heterocycles. The van der Waals surface area contributed by atoms with Crippen molar-refractivity contribution >= 4 is 61.2 Å². The van der Waals surface area contributed by atoms with Crippen LogP contribution in [0.5, 0.6) is 0 Å². The number of hydrogen-bond donors (Lipinski definition) is 0. The van der Waals surface area contributed by atoms with Gasteiger partial charge < -0.3 is 0 Å². The van der Waals surface area contributed by atoms with Crippen LogP contribution in [0.25, 0.3) is 31.9 Å². The van der Waals surface area contributed by atoms with Crippen LogP contribution in [0.3, 0.4) is 0 Å². The van der Waals surface area contributed by atoms with E-state index in [1.165, 1.54) is 41.9 Å². The molecular formula is C30H32BrN3O2S2. The van der Waals surface area contributed by atoms with E-state index in [0.717, 1.165) is 48.5 Å². The van der Waals surface area contributed by atoms with Gasteiger partial charge in [0.25, 0.3) is 11.8 Å². The lowest BCUT2D eigenvalue weighted by atomic mass is 9.99. The summed E-state index contributed by atoms with van der Waals surface area (Å²) in [6.45, 7) is 6.89. The van der Waals surface area contributed by atoms with Crippen molar-refractivity contribution in [3.05, 3.63) is 56.2 Å². The Morgan fingerprint density at radius 3 is 1.97 bits per heavy atom. The topological polar surface area (TPSA) is 63.2 Å². The van der Waals surface area contributed by atoms with Gasteiger partial charge in [-0.15, -0.1) is 32.9 Å². The minimum absolute atomic E-state index is 0.202. The number of fused-ring (bicyclic) bond motifs is 2. The third-order valence-electron chi connectivity index (χ3n) is 7.19. The maximum absolute atomic E-state index is 13.5. The molecule has 5 rings (SSSR count). The number of aromatic nitrogens is 2. The highest BCUT2D eigenvalue weighted by Gasteiger charge is 2.37. The molecular weight excluding hydrogens is 578 g/mol. The molecule has 0 fully saturated rings. The first kappa shape index (κ1) is 27.2. The summed E-state index contributed by atoms with van der Waals surface area (Å²) in [6.07, 6.45) is 8.47. The Bertz CT molecular complexity index is 1390. The molecule has 198 valence electrons. The molecule has 1 aliphatic heterocycles. The smallest absolute Gasteiger partial charge is 0.261 e. The molecule has 3 aromatic heterocycles. The molecule has 38 heavy (non-hydrogen) atoms. The molecule has 0 N–H and O–H groups in total. The number of carbonyl (C=O) groups excluding carboxylic acids is 2. The minimum Gasteiger partial charge on any atom is -0.274 e. The zero-order chi connectivity index (χ0) is 26.8. The van der Waals surface area contributed by atoms with E-state index in [1.807, 2.05) is 30.3 Å². The number of thiophene rings is 2. The summed E-state index contributed by atoms with van der Waals surface area (Å²) < 4.78 is 0.998. The maximum atomic E-state index is 13.5. The maximum Gasteiger partial charge on any atom is 0.261 e. The average molecular weight is 611 g/mol. The molecule has 5 nitrogen and oxygen atoms in total. The van der Waals surface area contributed by atoms with E-state index in [0.29, 0.717) is 17.7 Å². The normalized spacial score (nSPS) is 14.1. The number of nitrogens with zero attached hydrogens (tertiary/aromatic N) is 3. The van der Waals surface area contributed by atoms with Gasteiger partial charge in [-0.25, -0.2) is 0 Å². The van der Waals surface area contributed by atoms with Crippen LogP contribution >= 0.6 is 38.6 Å². The summed E-state index contributed by atoms with van der Waals surface area (Å²) in [5, 5.41) is 10.9. The van der Waals surface area contributed by atoms with Crippen LogP contribution in [0, 0.1) is 12.8 Å². The molecule has 4 heterocycles. The third-order valence-corrected chi connectivity index (χ3v) is 9.83. The summed E-state index contributed by atoms with van der Waals surface area (Å²) >= 11 is 6.77. The lowest BCUT2D eigenvalue weighted by molar-refractivity contribution is 0.0630. The molecule has 8 heteroatoms. The lowest BCUT2D eigenvalue weighted by Crippen LogP contribution is -2.33. The van der Waals surface area contributed by atoms with Gasteiger partial charge in [-0.1, -0.05) is 52.4 Å². The second kappa shape index (κ2) is 11.8. The standard InChI is InChI=1S/C30H32BrN3O2S2/c1-4-5-6-7-8-9-10-18(2)17-34-29(35)22-15-20-21(16-23(22)30(34)36)28(25-13-14-26(31)38-25)33-32-27(20)24-12-11-19(3)37-24/h11-16,18H,4-10,17H2,1-3H3. The Balaban J connectivity index is 1.46. The number of imide groups is 1. The second-order valence-corrected chi connectivity index (χ2v) is 14.0. The lowest BCUT2D eigenvalue weighted by Gasteiger charge is -2.19. The van der Waals surface area contributed by atoms with Crippen molar-refractivity contribution < 1.29 is 9.59 Å². The van der Waals surface area contributed by atoms with Crippen LogP contribution in [0.1, 0.15) is 84.4 Å². The van der Waals surface area contributed by atoms with E-state index in [-0.39, 0.29) is 17.7 Å². The number of carbonyl (C=O) groups is 2. The first-order valence-corrected chi connectivity index (χ1v) is 15.8. The van der Waals surface area contributed by atoms with Crippen molar-refractivity contribution in [3.8, 4) is 21.1 Å².